The van der Waals surface area contributed by atoms with E-state index in [1.165, 1.54) is 5.56 Å². The number of carbonyl (C=O) groups excluding carboxylic acids is 1. The Kier molecular flexibility index (Phi) is 4.38. The number of anilines is 2. The van der Waals surface area contributed by atoms with Gasteiger partial charge >= 0.3 is 0 Å². The van der Waals surface area contributed by atoms with Crippen molar-refractivity contribution in [2.75, 3.05) is 29.4 Å². The van der Waals surface area contributed by atoms with E-state index in [0.717, 1.165) is 62.5 Å². The predicted molar refractivity (Wildman–Crippen MR) is 98.8 cm³/mol. The molecule has 5 nitrogen and oxygen atoms in total. The van der Waals surface area contributed by atoms with Crippen molar-refractivity contribution in [3.05, 3.63) is 47.7 Å². The molecule has 0 atom stereocenters. The third kappa shape index (κ3) is 3.23. The monoisotopic (exact) mass is 336 g/mol. The molecule has 2 aromatic rings. The third-order valence-corrected chi connectivity index (χ3v) is 5.33. The van der Waals surface area contributed by atoms with Gasteiger partial charge in [-0.25, -0.2) is 0 Å². The molecule has 0 radical (unpaired) electrons. The topological polar surface area (TPSA) is 49.3 Å². The summed E-state index contributed by atoms with van der Waals surface area (Å²) in [6.07, 6.45) is 3.89. The summed E-state index contributed by atoms with van der Waals surface area (Å²) in [6.45, 7) is 4.52. The number of aromatic nitrogens is 2. The quantitative estimate of drug-likeness (QED) is 0.846. The van der Waals surface area contributed by atoms with E-state index < -0.39 is 0 Å². The minimum absolute atomic E-state index is 0.112. The first kappa shape index (κ1) is 16.1. The van der Waals surface area contributed by atoms with Crippen LogP contribution in [-0.2, 0) is 11.2 Å². The van der Waals surface area contributed by atoms with Crippen LogP contribution >= 0.6 is 0 Å². The van der Waals surface area contributed by atoms with Crippen LogP contribution in [0.5, 0.6) is 0 Å². The van der Waals surface area contributed by atoms with Crippen LogP contribution in [0.15, 0.2) is 36.4 Å². The summed E-state index contributed by atoms with van der Waals surface area (Å²) in [5.74, 6) is 1.32. The number of rotatable bonds is 2. The number of nitrogens with zero attached hydrogens (tertiary/aromatic N) is 4. The largest absolute Gasteiger partial charge is 0.355 e. The molecule has 0 saturated carbocycles. The maximum Gasteiger partial charge on any atom is 0.230 e. The fourth-order valence-corrected chi connectivity index (χ4v) is 3.90. The standard InChI is InChI=1S/C20H24N4O/c1-15-8-9-19(22-21-15)23-13-10-17(11-14-23)20(25)24-12-4-6-16-5-2-3-7-18(16)24/h2-3,5,7-9,17H,4,6,10-14H2,1H3. The number of piperidine rings is 1. The van der Waals surface area contributed by atoms with Gasteiger partial charge in [0.2, 0.25) is 5.91 Å². The van der Waals surface area contributed by atoms with Crippen molar-refractivity contribution in [3.63, 3.8) is 0 Å². The zero-order valence-electron chi connectivity index (χ0n) is 14.7. The van der Waals surface area contributed by atoms with Gasteiger partial charge in [0.15, 0.2) is 5.82 Å². The van der Waals surface area contributed by atoms with Crippen LogP contribution in [0.4, 0.5) is 11.5 Å². The van der Waals surface area contributed by atoms with E-state index in [2.05, 4.69) is 33.3 Å². The van der Waals surface area contributed by atoms with Gasteiger partial charge in [-0.1, -0.05) is 18.2 Å². The highest BCUT2D eigenvalue weighted by molar-refractivity contribution is 5.96. The van der Waals surface area contributed by atoms with Gasteiger partial charge in [0.1, 0.15) is 0 Å². The van der Waals surface area contributed by atoms with Crippen molar-refractivity contribution < 1.29 is 4.79 Å². The number of hydrogen-bond acceptors (Lipinski definition) is 4. The molecule has 2 aliphatic rings. The number of fused-ring (bicyclic) bond motifs is 1. The lowest BCUT2D eigenvalue weighted by Gasteiger charge is -2.36. The van der Waals surface area contributed by atoms with Crippen molar-refractivity contribution >= 4 is 17.4 Å². The zero-order chi connectivity index (χ0) is 17.2. The normalized spacial score (nSPS) is 18.1. The van der Waals surface area contributed by atoms with Crippen LogP contribution < -0.4 is 9.80 Å². The Morgan fingerprint density at radius 3 is 2.60 bits per heavy atom. The van der Waals surface area contributed by atoms with Crippen LogP contribution in [0, 0.1) is 12.8 Å². The minimum Gasteiger partial charge on any atom is -0.355 e. The molecule has 0 bridgehead atoms. The highest BCUT2D eigenvalue weighted by atomic mass is 16.2. The molecular formula is C20H24N4O. The molecule has 0 unspecified atom stereocenters. The summed E-state index contributed by atoms with van der Waals surface area (Å²) in [5, 5.41) is 8.41. The van der Waals surface area contributed by atoms with Gasteiger partial charge in [0.25, 0.3) is 0 Å². The van der Waals surface area contributed by atoms with Gasteiger partial charge in [-0.15, -0.1) is 5.10 Å². The molecule has 3 heterocycles. The first-order chi connectivity index (χ1) is 12.2. The molecule has 1 aromatic heterocycles. The second-order valence-electron chi connectivity index (χ2n) is 7.02. The van der Waals surface area contributed by atoms with E-state index in [9.17, 15) is 4.79 Å². The van der Waals surface area contributed by atoms with E-state index in [1.807, 2.05) is 30.0 Å². The van der Waals surface area contributed by atoms with Gasteiger partial charge in [0, 0.05) is 31.2 Å². The second kappa shape index (κ2) is 6.82. The number of carbonyl (C=O) groups is 1. The van der Waals surface area contributed by atoms with E-state index in [1.54, 1.807) is 0 Å². The Bertz CT molecular complexity index is 751. The Morgan fingerprint density at radius 1 is 1.04 bits per heavy atom. The highest BCUT2D eigenvalue weighted by Crippen LogP contribution is 2.30. The molecule has 1 fully saturated rings. The van der Waals surface area contributed by atoms with Gasteiger partial charge in [-0.2, -0.15) is 5.10 Å². The van der Waals surface area contributed by atoms with E-state index in [0.29, 0.717) is 5.91 Å². The molecule has 4 rings (SSSR count). The van der Waals surface area contributed by atoms with E-state index >= 15 is 0 Å². The lowest BCUT2D eigenvalue weighted by atomic mass is 9.93. The molecular weight excluding hydrogens is 312 g/mol. The summed E-state index contributed by atoms with van der Waals surface area (Å²) in [4.78, 5) is 17.3. The maximum absolute atomic E-state index is 13.1. The first-order valence-corrected chi connectivity index (χ1v) is 9.17. The van der Waals surface area contributed by atoms with Crippen molar-refractivity contribution in [1.29, 1.82) is 0 Å². The molecule has 1 amide bonds. The Labute approximate surface area is 148 Å². The smallest absolute Gasteiger partial charge is 0.230 e. The van der Waals surface area contributed by atoms with Crippen LogP contribution in [0.1, 0.15) is 30.5 Å². The molecule has 5 heteroatoms. The Morgan fingerprint density at radius 2 is 1.84 bits per heavy atom. The second-order valence-corrected chi connectivity index (χ2v) is 7.02. The van der Waals surface area contributed by atoms with Crippen LogP contribution in [0.2, 0.25) is 0 Å². The Balaban J connectivity index is 1.43. The molecule has 130 valence electrons. The number of amides is 1. The lowest BCUT2D eigenvalue weighted by Crippen LogP contribution is -2.44. The minimum atomic E-state index is 0.112. The molecule has 0 N–H and O–H groups in total. The fourth-order valence-electron chi connectivity index (χ4n) is 3.90. The van der Waals surface area contributed by atoms with E-state index in [-0.39, 0.29) is 5.92 Å². The lowest BCUT2D eigenvalue weighted by molar-refractivity contribution is -0.123. The van der Waals surface area contributed by atoms with Gasteiger partial charge in [0.05, 0.1) is 5.69 Å². The summed E-state index contributed by atoms with van der Waals surface area (Å²) in [7, 11) is 0. The predicted octanol–water partition coefficient (Wildman–Crippen LogP) is 2.98. The Hall–Kier alpha value is -2.43. The van der Waals surface area contributed by atoms with Crippen molar-refractivity contribution in [2.24, 2.45) is 5.92 Å². The van der Waals surface area contributed by atoms with Crippen LogP contribution in [0.3, 0.4) is 0 Å². The van der Waals surface area contributed by atoms with Gasteiger partial charge < -0.3 is 9.80 Å². The molecule has 1 saturated heterocycles. The number of aryl methyl sites for hydroxylation is 2. The third-order valence-electron chi connectivity index (χ3n) is 5.33. The fraction of sp³-hybridized carbons (Fsp3) is 0.450. The molecule has 25 heavy (non-hydrogen) atoms. The maximum atomic E-state index is 13.1. The number of hydrogen-bond donors (Lipinski definition) is 0. The molecule has 2 aliphatic heterocycles. The summed E-state index contributed by atoms with van der Waals surface area (Å²) in [5.41, 5.74) is 3.35. The zero-order valence-corrected chi connectivity index (χ0v) is 14.7. The number of para-hydroxylation sites is 1. The van der Waals surface area contributed by atoms with E-state index in [4.69, 9.17) is 0 Å². The van der Waals surface area contributed by atoms with Crippen LogP contribution in [0.25, 0.3) is 0 Å². The summed E-state index contributed by atoms with van der Waals surface area (Å²) in [6, 6.07) is 12.3. The van der Waals surface area contributed by atoms with Gasteiger partial charge in [-0.05, 0) is 56.4 Å². The first-order valence-electron chi connectivity index (χ1n) is 9.17. The molecule has 0 aliphatic carbocycles. The highest BCUT2D eigenvalue weighted by Gasteiger charge is 2.31. The summed E-state index contributed by atoms with van der Waals surface area (Å²) >= 11 is 0. The number of benzene rings is 1. The molecule has 1 aromatic carbocycles. The van der Waals surface area contributed by atoms with Crippen molar-refractivity contribution in [1.82, 2.24) is 10.2 Å². The van der Waals surface area contributed by atoms with Crippen molar-refractivity contribution in [2.45, 2.75) is 32.6 Å². The van der Waals surface area contributed by atoms with Crippen LogP contribution in [-0.4, -0.2) is 35.7 Å². The SMILES string of the molecule is Cc1ccc(N2CCC(C(=O)N3CCCc4ccccc43)CC2)nn1. The van der Waals surface area contributed by atoms with Crippen molar-refractivity contribution in [3.8, 4) is 0 Å². The average molecular weight is 336 g/mol. The van der Waals surface area contributed by atoms with Gasteiger partial charge in [-0.3, -0.25) is 4.79 Å². The average Bonchev–Trinajstić information content (AvgIpc) is 2.68. The molecule has 0 spiro atoms. The summed E-state index contributed by atoms with van der Waals surface area (Å²) < 4.78 is 0.